The summed E-state index contributed by atoms with van der Waals surface area (Å²) < 4.78 is 2.77. The molecule has 0 unspecified atom stereocenters. The molecule has 0 spiro atoms. The number of halogens is 1. The Morgan fingerprint density at radius 3 is 3.00 bits per heavy atom. The van der Waals surface area contributed by atoms with Crippen LogP contribution in [0.2, 0.25) is 0 Å². The zero-order chi connectivity index (χ0) is 10.8. The highest BCUT2D eigenvalue weighted by Gasteiger charge is 2.09. The minimum atomic E-state index is 0.424. The molecule has 0 radical (unpaired) electrons. The second kappa shape index (κ2) is 4.12. The minimum Gasteiger partial charge on any atom is -0.325 e. The zero-order valence-electron chi connectivity index (χ0n) is 8.31. The number of hydrogen-bond donors (Lipinski definition) is 1. The Labute approximate surface area is 96.2 Å². The van der Waals surface area contributed by atoms with Crippen LogP contribution in [0.5, 0.6) is 0 Å². The van der Waals surface area contributed by atoms with Crippen molar-refractivity contribution in [2.24, 2.45) is 5.73 Å². The summed E-state index contributed by atoms with van der Waals surface area (Å²) in [6.07, 6.45) is 1.68. The number of aromatic nitrogens is 3. The Kier molecular flexibility index (Phi) is 2.83. The lowest BCUT2D eigenvalue weighted by Gasteiger charge is -2.08. The van der Waals surface area contributed by atoms with Crippen LogP contribution in [0, 0.1) is 6.92 Å². The third kappa shape index (κ3) is 1.80. The standard InChI is InChI=1S/C10H11BrN4/c1-7-3-2-4-9(10(7)11)15-8(5-12)6-13-14-15/h2-4,6H,5,12H2,1H3. The van der Waals surface area contributed by atoms with E-state index in [0.29, 0.717) is 6.54 Å². The highest BCUT2D eigenvalue weighted by Crippen LogP contribution is 2.24. The van der Waals surface area contributed by atoms with Crippen LogP contribution in [0.1, 0.15) is 11.3 Å². The van der Waals surface area contributed by atoms with Gasteiger partial charge >= 0.3 is 0 Å². The smallest absolute Gasteiger partial charge is 0.0811 e. The van der Waals surface area contributed by atoms with Gasteiger partial charge in [0, 0.05) is 11.0 Å². The van der Waals surface area contributed by atoms with Gasteiger partial charge in [-0.05, 0) is 34.5 Å². The minimum absolute atomic E-state index is 0.424. The molecule has 0 saturated heterocycles. The fourth-order valence-electron chi connectivity index (χ4n) is 1.39. The molecule has 0 saturated carbocycles. The van der Waals surface area contributed by atoms with Gasteiger partial charge in [0.1, 0.15) is 0 Å². The normalized spacial score (nSPS) is 10.6. The van der Waals surface area contributed by atoms with E-state index < -0.39 is 0 Å². The lowest BCUT2D eigenvalue weighted by Crippen LogP contribution is -2.07. The lowest BCUT2D eigenvalue weighted by molar-refractivity contribution is 0.758. The summed E-state index contributed by atoms with van der Waals surface area (Å²) in [7, 11) is 0. The van der Waals surface area contributed by atoms with E-state index in [1.165, 1.54) is 0 Å². The first kappa shape index (κ1) is 10.3. The third-order valence-electron chi connectivity index (χ3n) is 2.23. The number of aryl methyl sites for hydroxylation is 1. The van der Waals surface area contributed by atoms with Gasteiger partial charge in [0.05, 0.1) is 17.6 Å². The van der Waals surface area contributed by atoms with E-state index in [1.54, 1.807) is 10.9 Å². The van der Waals surface area contributed by atoms with Gasteiger partial charge < -0.3 is 5.73 Å². The molecule has 0 bridgehead atoms. The van der Waals surface area contributed by atoms with Crippen molar-refractivity contribution in [3.05, 3.63) is 40.1 Å². The van der Waals surface area contributed by atoms with Crippen LogP contribution in [0.15, 0.2) is 28.9 Å². The Morgan fingerprint density at radius 1 is 1.47 bits per heavy atom. The monoisotopic (exact) mass is 266 g/mol. The van der Waals surface area contributed by atoms with Gasteiger partial charge in [0.2, 0.25) is 0 Å². The molecule has 2 rings (SSSR count). The maximum absolute atomic E-state index is 5.60. The van der Waals surface area contributed by atoms with Crippen molar-refractivity contribution in [2.45, 2.75) is 13.5 Å². The van der Waals surface area contributed by atoms with Gasteiger partial charge in [0.25, 0.3) is 0 Å². The molecule has 4 nitrogen and oxygen atoms in total. The summed E-state index contributed by atoms with van der Waals surface area (Å²) in [6, 6.07) is 5.99. The maximum atomic E-state index is 5.60. The molecule has 0 aliphatic heterocycles. The molecule has 0 amide bonds. The van der Waals surface area contributed by atoms with Crippen LogP contribution in [0.25, 0.3) is 5.69 Å². The molecular formula is C10H11BrN4. The topological polar surface area (TPSA) is 56.7 Å². The van der Waals surface area contributed by atoms with Gasteiger partial charge in [0.15, 0.2) is 0 Å². The van der Waals surface area contributed by atoms with Crippen molar-refractivity contribution in [2.75, 3.05) is 0 Å². The largest absolute Gasteiger partial charge is 0.325 e. The van der Waals surface area contributed by atoms with E-state index in [0.717, 1.165) is 21.4 Å². The van der Waals surface area contributed by atoms with Crippen LogP contribution < -0.4 is 5.73 Å². The molecule has 1 heterocycles. The summed E-state index contributed by atoms with van der Waals surface area (Å²) >= 11 is 3.54. The second-order valence-electron chi connectivity index (χ2n) is 3.25. The van der Waals surface area contributed by atoms with Crippen molar-refractivity contribution >= 4 is 15.9 Å². The van der Waals surface area contributed by atoms with Crippen molar-refractivity contribution in [3.8, 4) is 5.69 Å². The van der Waals surface area contributed by atoms with Crippen molar-refractivity contribution in [3.63, 3.8) is 0 Å². The Bertz CT molecular complexity index is 478. The predicted octanol–water partition coefficient (Wildman–Crippen LogP) is 1.80. The van der Waals surface area contributed by atoms with E-state index in [1.807, 2.05) is 25.1 Å². The van der Waals surface area contributed by atoms with Gasteiger partial charge in [-0.15, -0.1) is 5.10 Å². The van der Waals surface area contributed by atoms with Gasteiger partial charge in [-0.1, -0.05) is 17.3 Å². The predicted molar refractivity (Wildman–Crippen MR) is 61.7 cm³/mol. The van der Waals surface area contributed by atoms with Crippen LogP contribution in [0.4, 0.5) is 0 Å². The third-order valence-corrected chi connectivity index (χ3v) is 3.26. The summed E-state index contributed by atoms with van der Waals surface area (Å²) in [5.74, 6) is 0. The molecule has 0 aliphatic carbocycles. The molecule has 5 heteroatoms. The van der Waals surface area contributed by atoms with E-state index in [4.69, 9.17) is 5.73 Å². The molecule has 1 aromatic carbocycles. The van der Waals surface area contributed by atoms with E-state index >= 15 is 0 Å². The van der Waals surface area contributed by atoms with E-state index in [2.05, 4.69) is 26.2 Å². The van der Waals surface area contributed by atoms with Crippen LogP contribution in [-0.2, 0) is 6.54 Å². The van der Waals surface area contributed by atoms with Gasteiger partial charge in [-0.2, -0.15) is 0 Å². The molecule has 0 atom stereocenters. The Balaban J connectivity index is 2.59. The average molecular weight is 267 g/mol. The summed E-state index contributed by atoms with van der Waals surface area (Å²) in [4.78, 5) is 0. The van der Waals surface area contributed by atoms with Crippen LogP contribution >= 0.6 is 15.9 Å². The molecule has 2 N–H and O–H groups in total. The SMILES string of the molecule is Cc1cccc(-n2nncc2CN)c1Br. The van der Waals surface area contributed by atoms with E-state index in [9.17, 15) is 0 Å². The maximum Gasteiger partial charge on any atom is 0.0811 e. The first-order chi connectivity index (χ1) is 7.24. The van der Waals surface area contributed by atoms with Crippen LogP contribution in [0.3, 0.4) is 0 Å². The van der Waals surface area contributed by atoms with Crippen molar-refractivity contribution in [1.82, 2.24) is 15.0 Å². The molecule has 0 aliphatic rings. The zero-order valence-corrected chi connectivity index (χ0v) is 9.90. The number of rotatable bonds is 2. The summed E-state index contributed by atoms with van der Waals surface area (Å²) in [5, 5.41) is 7.87. The number of nitrogens with zero attached hydrogens (tertiary/aromatic N) is 3. The highest BCUT2D eigenvalue weighted by atomic mass is 79.9. The Hall–Kier alpha value is -1.20. The average Bonchev–Trinajstić information content (AvgIpc) is 2.70. The molecule has 2 aromatic rings. The fraction of sp³-hybridized carbons (Fsp3) is 0.200. The Morgan fingerprint density at radius 2 is 2.27 bits per heavy atom. The number of benzene rings is 1. The molecule has 0 fully saturated rings. The quantitative estimate of drug-likeness (QED) is 0.902. The number of hydrogen-bond acceptors (Lipinski definition) is 3. The first-order valence-electron chi connectivity index (χ1n) is 4.59. The van der Waals surface area contributed by atoms with E-state index in [-0.39, 0.29) is 0 Å². The fourth-order valence-corrected chi connectivity index (χ4v) is 1.83. The van der Waals surface area contributed by atoms with Gasteiger partial charge in [-0.3, -0.25) is 0 Å². The second-order valence-corrected chi connectivity index (χ2v) is 4.04. The van der Waals surface area contributed by atoms with Gasteiger partial charge in [-0.25, -0.2) is 4.68 Å². The lowest BCUT2D eigenvalue weighted by atomic mass is 10.2. The molecule has 78 valence electrons. The molecule has 1 aromatic heterocycles. The number of nitrogens with two attached hydrogens (primary N) is 1. The summed E-state index contributed by atoms with van der Waals surface area (Å²) in [6.45, 7) is 2.46. The molecular weight excluding hydrogens is 256 g/mol. The molecule has 15 heavy (non-hydrogen) atoms. The summed E-state index contributed by atoms with van der Waals surface area (Å²) in [5.41, 5.74) is 8.62. The van der Waals surface area contributed by atoms with Crippen molar-refractivity contribution < 1.29 is 0 Å². The highest BCUT2D eigenvalue weighted by molar-refractivity contribution is 9.10. The van der Waals surface area contributed by atoms with Crippen LogP contribution in [-0.4, -0.2) is 15.0 Å². The first-order valence-corrected chi connectivity index (χ1v) is 5.38. The van der Waals surface area contributed by atoms with Crippen molar-refractivity contribution in [1.29, 1.82) is 0 Å².